The second kappa shape index (κ2) is 5.16. The summed E-state index contributed by atoms with van der Waals surface area (Å²) < 4.78 is 30.3. The van der Waals surface area contributed by atoms with E-state index in [-0.39, 0.29) is 0 Å². The van der Waals surface area contributed by atoms with Gasteiger partial charge in [0.05, 0.1) is 4.90 Å². The van der Waals surface area contributed by atoms with E-state index >= 15 is 0 Å². The Balaban J connectivity index is 2.00. The highest BCUT2D eigenvalue weighted by molar-refractivity contribution is 8.14. The minimum Gasteiger partial charge on any atom is -0.334 e. The van der Waals surface area contributed by atoms with Crippen LogP contribution < -0.4 is 0 Å². The zero-order valence-corrected chi connectivity index (χ0v) is 13.4. The van der Waals surface area contributed by atoms with Gasteiger partial charge in [-0.2, -0.15) is 0 Å². The lowest BCUT2D eigenvalue weighted by Gasteiger charge is -2.12. The third kappa shape index (κ3) is 2.29. The number of sulfone groups is 1. The summed E-state index contributed by atoms with van der Waals surface area (Å²) >= 11 is 1.24. The molecule has 0 unspecified atom stereocenters. The molecule has 1 heterocycles. The summed E-state index contributed by atoms with van der Waals surface area (Å²) in [6.45, 7) is 1.93. The Labute approximate surface area is 129 Å². The second-order valence-electron chi connectivity index (χ2n) is 5.03. The minimum absolute atomic E-state index is 0.306. The number of aryl methyl sites for hydroxylation is 1. The Bertz CT molecular complexity index is 739. The topological polar surface area (TPSA) is 46.7 Å². The van der Waals surface area contributed by atoms with Crippen LogP contribution in [0, 0.1) is 6.92 Å². The molecule has 21 heavy (non-hydrogen) atoms. The lowest BCUT2D eigenvalue weighted by molar-refractivity contribution is 0.388. The van der Waals surface area contributed by atoms with Gasteiger partial charge in [-0.05, 0) is 30.9 Å². The van der Waals surface area contributed by atoms with Gasteiger partial charge < -0.3 is 4.74 Å². The van der Waals surface area contributed by atoms with E-state index in [9.17, 15) is 8.42 Å². The summed E-state index contributed by atoms with van der Waals surface area (Å²) in [6, 6.07) is 16.4. The molecule has 5 heteroatoms. The highest BCUT2D eigenvalue weighted by atomic mass is 32.3. The van der Waals surface area contributed by atoms with Gasteiger partial charge in [0.1, 0.15) is 6.10 Å². The number of hydrogen-bond donors (Lipinski definition) is 0. The van der Waals surface area contributed by atoms with Gasteiger partial charge in [0.15, 0.2) is 0 Å². The fourth-order valence-corrected chi connectivity index (χ4v) is 5.55. The number of benzene rings is 2. The average Bonchev–Trinajstić information content (AvgIpc) is 3.25. The van der Waals surface area contributed by atoms with Crippen LogP contribution in [-0.2, 0) is 14.6 Å². The van der Waals surface area contributed by atoms with Crippen LogP contribution >= 0.6 is 11.8 Å². The molecule has 0 spiro atoms. The number of hydrogen-bond acceptors (Lipinski definition) is 4. The van der Waals surface area contributed by atoms with Gasteiger partial charge in [-0.25, -0.2) is 8.42 Å². The Hall–Kier alpha value is -1.30. The van der Waals surface area contributed by atoms with E-state index in [1.807, 2.05) is 37.3 Å². The molecule has 2 aromatic carbocycles. The van der Waals surface area contributed by atoms with Gasteiger partial charge in [0, 0.05) is 0 Å². The van der Waals surface area contributed by atoms with Crippen LogP contribution in [0.4, 0.5) is 0 Å². The molecule has 2 aromatic rings. The molecule has 0 saturated carbocycles. The maximum Gasteiger partial charge on any atom is 0.251 e. The Kier molecular flexibility index (Phi) is 3.59. The largest absolute Gasteiger partial charge is 0.334 e. The van der Waals surface area contributed by atoms with E-state index in [1.54, 1.807) is 30.5 Å². The molecule has 0 bridgehead atoms. The third-order valence-electron chi connectivity index (χ3n) is 3.64. The predicted octanol–water partition coefficient (Wildman–Crippen LogP) is 3.56. The van der Waals surface area contributed by atoms with E-state index in [1.165, 1.54) is 11.8 Å². The Morgan fingerprint density at radius 2 is 1.67 bits per heavy atom. The molecule has 1 fully saturated rings. The maximum absolute atomic E-state index is 12.9. The molecular formula is C16H16O3S2. The van der Waals surface area contributed by atoms with Gasteiger partial charge in [0.25, 0.3) is 4.27 Å². The van der Waals surface area contributed by atoms with E-state index < -0.39 is 20.2 Å². The monoisotopic (exact) mass is 320 g/mol. The summed E-state index contributed by atoms with van der Waals surface area (Å²) in [5.74, 6) is 0. The van der Waals surface area contributed by atoms with Crippen LogP contribution in [0.25, 0.3) is 0 Å². The van der Waals surface area contributed by atoms with Crippen molar-refractivity contribution in [2.45, 2.75) is 22.2 Å². The molecule has 1 saturated heterocycles. The Morgan fingerprint density at radius 3 is 2.24 bits per heavy atom. The standard InChI is InChI=1S/C16H16O3S2/c1-12-8-10-14(11-9-12)21(17,18)16(20-2)15(19-16)13-6-4-3-5-7-13/h3-11,15H,1-2H3/t15-,16-/m1/s1. The van der Waals surface area contributed by atoms with Crippen molar-refractivity contribution in [3.05, 3.63) is 65.7 Å². The quantitative estimate of drug-likeness (QED) is 0.808. The van der Waals surface area contributed by atoms with Crippen molar-refractivity contribution in [3.63, 3.8) is 0 Å². The maximum atomic E-state index is 12.9. The lowest BCUT2D eigenvalue weighted by Crippen LogP contribution is -2.22. The van der Waals surface area contributed by atoms with Crippen LogP contribution in [0.1, 0.15) is 17.2 Å². The number of epoxide rings is 1. The zero-order chi connectivity index (χ0) is 15.1. The van der Waals surface area contributed by atoms with Crippen molar-refractivity contribution in [1.82, 2.24) is 0 Å². The molecular weight excluding hydrogens is 304 g/mol. The normalized spacial score (nSPS) is 24.8. The summed E-state index contributed by atoms with van der Waals surface area (Å²) in [5, 5.41) is 0. The molecule has 1 aliphatic heterocycles. The first-order valence-electron chi connectivity index (χ1n) is 6.60. The van der Waals surface area contributed by atoms with Crippen LogP contribution in [0.3, 0.4) is 0 Å². The highest BCUT2D eigenvalue weighted by Crippen LogP contribution is 2.61. The molecule has 1 aliphatic rings. The smallest absolute Gasteiger partial charge is 0.251 e. The average molecular weight is 320 g/mol. The SMILES string of the molecule is CS[C@]1(S(=O)(=O)c2ccc(C)cc2)O[C@@H]1c1ccccc1. The van der Waals surface area contributed by atoms with Crippen molar-refractivity contribution < 1.29 is 13.2 Å². The third-order valence-corrected chi connectivity index (χ3v) is 7.63. The van der Waals surface area contributed by atoms with E-state index in [0.29, 0.717) is 4.90 Å². The predicted molar refractivity (Wildman–Crippen MR) is 84.9 cm³/mol. The summed E-state index contributed by atoms with van der Waals surface area (Å²) in [5.41, 5.74) is 1.92. The van der Waals surface area contributed by atoms with Crippen LogP contribution in [-0.4, -0.2) is 18.9 Å². The van der Waals surface area contributed by atoms with Crippen molar-refractivity contribution in [3.8, 4) is 0 Å². The molecule has 0 aliphatic carbocycles. The summed E-state index contributed by atoms with van der Waals surface area (Å²) in [7, 11) is -3.55. The van der Waals surface area contributed by atoms with Gasteiger partial charge in [0.2, 0.25) is 9.84 Å². The van der Waals surface area contributed by atoms with Crippen molar-refractivity contribution in [2.24, 2.45) is 0 Å². The molecule has 3 nitrogen and oxygen atoms in total. The fraction of sp³-hybridized carbons (Fsp3) is 0.250. The first-order valence-corrected chi connectivity index (χ1v) is 9.31. The fourth-order valence-electron chi connectivity index (χ4n) is 2.38. The molecule has 0 radical (unpaired) electrons. The molecule has 0 N–H and O–H groups in total. The lowest BCUT2D eigenvalue weighted by atomic mass is 10.2. The van der Waals surface area contributed by atoms with E-state index in [4.69, 9.17) is 4.74 Å². The summed E-state index contributed by atoms with van der Waals surface area (Å²) in [4.78, 5) is 0.306. The van der Waals surface area contributed by atoms with Crippen LogP contribution in [0.2, 0.25) is 0 Å². The first-order chi connectivity index (χ1) is 10.0. The number of rotatable bonds is 4. The van der Waals surface area contributed by atoms with Crippen molar-refractivity contribution >= 4 is 21.6 Å². The number of ether oxygens (including phenoxy) is 1. The van der Waals surface area contributed by atoms with Crippen molar-refractivity contribution in [2.75, 3.05) is 6.26 Å². The molecule has 110 valence electrons. The highest BCUT2D eigenvalue weighted by Gasteiger charge is 2.67. The molecule has 0 aromatic heterocycles. The second-order valence-corrected chi connectivity index (χ2v) is 8.39. The van der Waals surface area contributed by atoms with Crippen LogP contribution in [0.5, 0.6) is 0 Å². The Morgan fingerprint density at radius 1 is 1.05 bits per heavy atom. The molecule has 3 rings (SSSR count). The van der Waals surface area contributed by atoms with E-state index in [2.05, 4.69) is 0 Å². The van der Waals surface area contributed by atoms with Gasteiger partial charge in [-0.15, -0.1) is 11.8 Å². The zero-order valence-electron chi connectivity index (χ0n) is 11.8. The summed E-state index contributed by atoms with van der Waals surface area (Å²) in [6.07, 6.45) is 1.36. The number of thioether (sulfide) groups is 1. The van der Waals surface area contributed by atoms with Crippen molar-refractivity contribution in [1.29, 1.82) is 0 Å². The molecule has 0 amide bonds. The van der Waals surface area contributed by atoms with E-state index in [0.717, 1.165) is 11.1 Å². The minimum atomic E-state index is -3.55. The van der Waals surface area contributed by atoms with Gasteiger partial charge in [-0.1, -0.05) is 48.0 Å². The van der Waals surface area contributed by atoms with Gasteiger partial charge in [-0.3, -0.25) is 0 Å². The van der Waals surface area contributed by atoms with Gasteiger partial charge >= 0.3 is 0 Å². The molecule has 2 atom stereocenters. The first kappa shape index (κ1) is 14.6. The van der Waals surface area contributed by atoms with Crippen LogP contribution in [0.15, 0.2) is 59.5 Å².